The van der Waals surface area contributed by atoms with Crippen LogP contribution in [0.15, 0.2) is 29.4 Å². The van der Waals surface area contributed by atoms with E-state index >= 15 is 0 Å². The van der Waals surface area contributed by atoms with Gasteiger partial charge in [-0.1, -0.05) is 11.8 Å². The first kappa shape index (κ1) is 19.5. The van der Waals surface area contributed by atoms with Crippen molar-refractivity contribution in [3.63, 3.8) is 0 Å². The van der Waals surface area contributed by atoms with Gasteiger partial charge in [-0.25, -0.2) is 8.91 Å². The molecule has 2 atom stereocenters. The molecule has 0 spiro atoms. The third-order valence-electron chi connectivity index (χ3n) is 5.87. The number of hydrogen-bond donors (Lipinski definition) is 3. The van der Waals surface area contributed by atoms with Gasteiger partial charge in [0.2, 0.25) is 11.9 Å². The minimum absolute atomic E-state index is 0.0537. The Morgan fingerprint density at radius 3 is 3.06 bits per heavy atom. The third kappa shape index (κ3) is 3.68. The van der Waals surface area contributed by atoms with E-state index in [1.165, 1.54) is 24.6 Å². The monoisotopic (exact) mass is 455 g/mol. The van der Waals surface area contributed by atoms with Crippen molar-refractivity contribution in [2.45, 2.75) is 37.4 Å². The van der Waals surface area contributed by atoms with E-state index in [0.29, 0.717) is 29.3 Å². The highest BCUT2D eigenvalue weighted by Gasteiger charge is 2.39. The summed E-state index contributed by atoms with van der Waals surface area (Å²) in [5.41, 5.74) is 1.87. The Labute approximate surface area is 187 Å². The lowest BCUT2D eigenvalue weighted by molar-refractivity contribution is -0.120. The smallest absolute Gasteiger partial charge is 0.248 e. The zero-order valence-electron chi connectivity index (χ0n) is 17.2. The third-order valence-corrected chi connectivity index (χ3v) is 6.76. The summed E-state index contributed by atoms with van der Waals surface area (Å²) in [6, 6.07) is 5.03. The number of carbonyl (C=O) groups is 1. The number of nitrogens with zero attached hydrogens (tertiary/aromatic N) is 6. The van der Waals surface area contributed by atoms with Gasteiger partial charge in [-0.15, -0.1) is 5.10 Å². The number of thioether (sulfide) groups is 1. The number of H-pyrrole nitrogens is 1. The van der Waals surface area contributed by atoms with Crippen LogP contribution in [0.4, 0.5) is 22.0 Å². The van der Waals surface area contributed by atoms with Crippen molar-refractivity contribution in [2.75, 3.05) is 29.1 Å². The lowest BCUT2D eigenvalue weighted by Crippen LogP contribution is -2.45. The minimum atomic E-state index is -1.14. The molecule has 10 nitrogen and oxygen atoms in total. The summed E-state index contributed by atoms with van der Waals surface area (Å²) >= 11 is 1.49. The van der Waals surface area contributed by atoms with Gasteiger partial charge in [0.15, 0.2) is 16.8 Å². The number of nitrogens with one attached hydrogen (secondary N) is 3. The standard InChI is InChI=1S/C20H22FN9OS/c21-12-8-15(18(31)25-20-22-5-7-32-20)29(10-12)19-24-17(14-2-1-6-30(14)28-19)23-16-9-13(26-27-16)11-3-4-11/h1-2,6,9,11-12,15H,3-5,7-8,10H2,(H,22,25,31)(H2,23,24,26,27,28)/t12-,15+/m1/s1. The maximum Gasteiger partial charge on any atom is 0.248 e. The van der Waals surface area contributed by atoms with Crippen LogP contribution in [0.2, 0.25) is 0 Å². The Bertz CT molecular complexity index is 1200. The molecule has 12 heteroatoms. The fraction of sp³-hybridized carbons (Fsp3) is 0.450. The molecular formula is C20H22FN9OS. The van der Waals surface area contributed by atoms with E-state index in [4.69, 9.17) is 0 Å². The largest absolute Gasteiger partial charge is 0.324 e. The number of anilines is 3. The number of halogens is 1. The number of aromatic amines is 1. The summed E-state index contributed by atoms with van der Waals surface area (Å²) in [5.74, 6) is 2.61. The van der Waals surface area contributed by atoms with E-state index in [2.05, 4.69) is 35.9 Å². The van der Waals surface area contributed by atoms with Crippen LogP contribution < -0.4 is 15.5 Å². The molecule has 166 valence electrons. The lowest BCUT2D eigenvalue weighted by Gasteiger charge is -2.24. The normalized spacial score (nSPS) is 23.0. The number of amidine groups is 1. The van der Waals surface area contributed by atoms with Crippen LogP contribution in [-0.4, -0.2) is 66.9 Å². The van der Waals surface area contributed by atoms with E-state index in [1.807, 2.05) is 18.2 Å². The first-order valence-electron chi connectivity index (χ1n) is 10.7. The van der Waals surface area contributed by atoms with E-state index in [9.17, 15) is 9.18 Å². The quantitative estimate of drug-likeness (QED) is 0.540. The van der Waals surface area contributed by atoms with Crippen LogP contribution >= 0.6 is 11.8 Å². The molecule has 5 heterocycles. The Morgan fingerprint density at radius 2 is 2.25 bits per heavy atom. The number of alkyl halides is 1. The van der Waals surface area contributed by atoms with Crippen molar-refractivity contribution in [1.82, 2.24) is 30.1 Å². The summed E-state index contributed by atoms with van der Waals surface area (Å²) in [6.07, 6.45) is 3.10. The minimum Gasteiger partial charge on any atom is -0.324 e. The van der Waals surface area contributed by atoms with Gasteiger partial charge in [-0.05, 0) is 25.0 Å². The van der Waals surface area contributed by atoms with Gasteiger partial charge in [0.05, 0.1) is 13.1 Å². The number of aromatic nitrogens is 5. The Morgan fingerprint density at radius 1 is 1.34 bits per heavy atom. The van der Waals surface area contributed by atoms with E-state index in [-0.39, 0.29) is 24.8 Å². The van der Waals surface area contributed by atoms with Gasteiger partial charge in [-0.2, -0.15) is 10.1 Å². The van der Waals surface area contributed by atoms with Crippen molar-refractivity contribution >= 4 is 45.9 Å². The van der Waals surface area contributed by atoms with Crippen molar-refractivity contribution in [2.24, 2.45) is 4.99 Å². The summed E-state index contributed by atoms with van der Waals surface area (Å²) in [4.78, 5) is 23.4. The maximum atomic E-state index is 14.4. The lowest BCUT2D eigenvalue weighted by atomic mass is 10.2. The average Bonchev–Trinajstić information content (AvgIpc) is 3.21. The van der Waals surface area contributed by atoms with Crippen LogP contribution in [0, 0.1) is 0 Å². The maximum absolute atomic E-state index is 14.4. The highest BCUT2D eigenvalue weighted by Crippen LogP contribution is 2.39. The molecule has 3 aromatic heterocycles. The van der Waals surface area contributed by atoms with E-state index in [1.54, 1.807) is 15.6 Å². The molecule has 32 heavy (non-hydrogen) atoms. The van der Waals surface area contributed by atoms with Crippen LogP contribution in [0.25, 0.3) is 5.52 Å². The molecular weight excluding hydrogens is 433 g/mol. The molecule has 2 aliphatic heterocycles. The SMILES string of the molecule is O=C(NC1=NCCS1)[C@@H]1C[C@@H](F)CN1c1nc(Nc2cc(C3CC3)[nH]n2)c2cccn2n1. The fourth-order valence-electron chi connectivity index (χ4n) is 4.12. The topological polar surface area (TPSA) is 116 Å². The van der Waals surface area contributed by atoms with Crippen molar-refractivity contribution in [3.8, 4) is 0 Å². The van der Waals surface area contributed by atoms with Crippen LogP contribution in [-0.2, 0) is 4.79 Å². The Kier molecular flexibility index (Phi) is 4.74. The molecule has 3 aromatic rings. The summed E-state index contributed by atoms with van der Waals surface area (Å²) in [7, 11) is 0. The highest BCUT2D eigenvalue weighted by molar-refractivity contribution is 8.14. The molecule has 1 saturated heterocycles. The predicted molar refractivity (Wildman–Crippen MR) is 120 cm³/mol. The first-order chi connectivity index (χ1) is 15.6. The molecule has 0 aromatic carbocycles. The van der Waals surface area contributed by atoms with Gasteiger partial charge < -0.3 is 15.5 Å². The van der Waals surface area contributed by atoms with Gasteiger partial charge in [0.1, 0.15) is 17.7 Å². The number of carbonyl (C=O) groups excluding carboxylic acids is 1. The van der Waals surface area contributed by atoms with Gasteiger partial charge in [0, 0.05) is 36.0 Å². The predicted octanol–water partition coefficient (Wildman–Crippen LogP) is 2.21. The second kappa shape index (κ2) is 7.76. The number of hydrogen-bond acceptors (Lipinski definition) is 8. The highest BCUT2D eigenvalue weighted by atomic mass is 32.2. The number of amides is 1. The summed E-state index contributed by atoms with van der Waals surface area (Å²) in [5, 5.41) is 18.6. The van der Waals surface area contributed by atoms with Crippen molar-refractivity contribution in [3.05, 3.63) is 30.1 Å². The van der Waals surface area contributed by atoms with Crippen molar-refractivity contribution in [1.29, 1.82) is 0 Å². The van der Waals surface area contributed by atoms with Crippen molar-refractivity contribution < 1.29 is 9.18 Å². The average molecular weight is 456 g/mol. The first-order valence-corrected chi connectivity index (χ1v) is 11.7. The number of rotatable bonds is 5. The molecule has 1 amide bonds. The van der Waals surface area contributed by atoms with Gasteiger partial charge >= 0.3 is 0 Å². The van der Waals surface area contributed by atoms with Crippen LogP contribution in [0.1, 0.15) is 30.9 Å². The summed E-state index contributed by atoms with van der Waals surface area (Å²) < 4.78 is 16.1. The zero-order chi connectivity index (χ0) is 21.7. The molecule has 0 bridgehead atoms. The van der Waals surface area contributed by atoms with Gasteiger partial charge in [0.25, 0.3) is 0 Å². The van der Waals surface area contributed by atoms with Crippen LogP contribution in [0.3, 0.4) is 0 Å². The number of aliphatic imine (C=N–C) groups is 1. The van der Waals surface area contributed by atoms with Gasteiger partial charge in [-0.3, -0.25) is 14.9 Å². The van der Waals surface area contributed by atoms with E-state index < -0.39 is 12.2 Å². The fourth-order valence-corrected chi connectivity index (χ4v) is 4.85. The summed E-state index contributed by atoms with van der Waals surface area (Å²) in [6.45, 7) is 0.733. The second-order valence-corrected chi connectivity index (χ2v) is 9.32. The number of fused-ring (bicyclic) bond motifs is 1. The molecule has 1 aliphatic carbocycles. The van der Waals surface area contributed by atoms with E-state index in [0.717, 1.165) is 17.0 Å². The molecule has 3 aliphatic rings. The molecule has 6 rings (SSSR count). The molecule has 2 fully saturated rings. The van der Waals surface area contributed by atoms with Crippen LogP contribution in [0.5, 0.6) is 0 Å². The zero-order valence-corrected chi connectivity index (χ0v) is 18.0. The Hall–Kier alpha value is -3.15. The molecule has 3 N–H and O–H groups in total. The molecule has 1 saturated carbocycles. The Balaban J connectivity index is 1.30. The second-order valence-electron chi connectivity index (χ2n) is 8.23. The molecule has 0 unspecified atom stereocenters. The molecule has 0 radical (unpaired) electrons.